The smallest absolute Gasteiger partial charge is 0.271 e. The number of rotatable bonds is 5. The minimum Gasteiger partial charge on any atom is -0.364 e. The number of hydrogen-bond donors (Lipinski definition) is 2. The van der Waals surface area contributed by atoms with Crippen LogP contribution in [0.3, 0.4) is 0 Å². The molecular formula is C18H21N5OS. The lowest BCUT2D eigenvalue weighted by molar-refractivity contribution is 0.0931. The molecular weight excluding hydrogens is 334 g/mol. The van der Waals surface area contributed by atoms with Gasteiger partial charge in [-0.2, -0.15) is 0 Å². The van der Waals surface area contributed by atoms with E-state index in [9.17, 15) is 4.79 Å². The highest BCUT2D eigenvalue weighted by atomic mass is 32.1. The summed E-state index contributed by atoms with van der Waals surface area (Å²) in [6, 6.07) is 6.35. The summed E-state index contributed by atoms with van der Waals surface area (Å²) in [5.41, 5.74) is 2.19. The molecule has 1 fully saturated rings. The van der Waals surface area contributed by atoms with Gasteiger partial charge in [-0.15, -0.1) is 16.4 Å². The van der Waals surface area contributed by atoms with Crippen LogP contribution >= 0.6 is 11.3 Å². The first-order chi connectivity index (χ1) is 12.2. The number of nitrogens with zero attached hydrogens (tertiary/aromatic N) is 3. The summed E-state index contributed by atoms with van der Waals surface area (Å²) in [6.45, 7) is 2.71. The second-order valence-corrected chi connectivity index (χ2v) is 7.51. The number of amides is 1. The zero-order valence-corrected chi connectivity index (χ0v) is 15.0. The predicted octanol–water partition coefficient (Wildman–Crippen LogP) is 3.38. The van der Waals surface area contributed by atoms with Crippen LogP contribution in [0.1, 0.15) is 46.6 Å². The Labute approximate surface area is 150 Å². The maximum absolute atomic E-state index is 12.6. The summed E-state index contributed by atoms with van der Waals surface area (Å²) in [5, 5.41) is 13.1. The first-order valence-corrected chi connectivity index (χ1v) is 9.51. The van der Waals surface area contributed by atoms with E-state index in [1.54, 1.807) is 22.0 Å². The zero-order valence-electron chi connectivity index (χ0n) is 14.2. The molecule has 0 bridgehead atoms. The monoisotopic (exact) mass is 355 g/mol. The summed E-state index contributed by atoms with van der Waals surface area (Å²) in [7, 11) is 0. The summed E-state index contributed by atoms with van der Waals surface area (Å²) in [6.07, 6.45) is 6.10. The highest BCUT2D eigenvalue weighted by molar-refractivity contribution is 7.09. The number of aryl methyl sites for hydroxylation is 1. The molecule has 1 amide bonds. The van der Waals surface area contributed by atoms with Crippen molar-refractivity contribution in [2.45, 2.75) is 45.2 Å². The molecule has 6 nitrogen and oxygen atoms in total. The molecule has 4 rings (SSSR count). The molecule has 1 aliphatic carbocycles. The van der Waals surface area contributed by atoms with Crippen LogP contribution in [0, 0.1) is 6.92 Å². The van der Waals surface area contributed by atoms with Gasteiger partial charge in [0.25, 0.3) is 5.91 Å². The minimum atomic E-state index is -0.0973. The molecule has 3 aromatic rings. The van der Waals surface area contributed by atoms with Crippen LogP contribution in [0.2, 0.25) is 0 Å². The van der Waals surface area contributed by atoms with Gasteiger partial charge in [-0.3, -0.25) is 4.79 Å². The molecule has 2 N–H and O–H groups in total. The van der Waals surface area contributed by atoms with Gasteiger partial charge in [0.2, 0.25) is 0 Å². The molecule has 1 saturated carbocycles. The number of fused-ring (bicyclic) bond motifs is 1. The summed E-state index contributed by atoms with van der Waals surface area (Å²) in [4.78, 5) is 18.2. The normalized spacial score (nSPS) is 14.9. The Morgan fingerprint density at radius 1 is 1.40 bits per heavy atom. The third kappa shape index (κ3) is 3.37. The van der Waals surface area contributed by atoms with Gasteiger partial charge < -0.3 is 10.6 Å². The maximum Gasteiger partial charge on any atom is 0.271 e. The van der Waals surface area contributed by atoms with E-state index in [1.807, 2.05) is 19.1 Å². The van der Waals surface area contributed by atoms with Crippen LogP contribution in [-0.4, -0.2) is 26.5 Å². The fourth-order valence-electron chi connectivity index (χ4n) is 3.25. The van der Waals surface area contributed by atoms with E-state index in [2.05, 4.69) is 32.2 Å². The minimum absolute atomic E-state index is 0.0973. The van der Waals surface area contributed by atoms with E-state index in [1.165, 1.54) is 17.7 Å². The summed E-state index contributed by atoms with van der Waals surface area (Å²) >= 11 is 1.71. The molecule has 3 aromatic heterocycles. The van der Waals surface area contributed by atoms with E-state index in [0.717, 1.165) is 30.8 Å². The highest BCUT2D eigenvalue weighted by Gasteiger charge is 2.21. The fourth-order valence-corrected chi connectivity index (χ4v) is 3.89. The van der Waals surface area contributed by atoms with Crippen molar-refractivity contribution in [1.29, 1.82) is 0 Å². The number of nitrogens with one attached hydrogen (secondary N) is 2. The van der Waals surface area contributed by atoms with Crippen molar-refractivity contribution in [3.63, 3.8) is 0 Å². The van der Waals surface area contributed by atoms with Crippen LogP contribution in [0.15, 0.2) is 29.8 Å². The Kier molecular flexibility index (Phi) is 4.40. The third-order valence-corrected chi connectivity index (χ3v) is 5.49. The Morgan fingerprint density at radius 3 is 3.00 bits per heavy atom. The lowest BCUT2D eigenvalue weighted by Gasteiger charge is -2.12. The molecule has 25 heavy (non-hydrogen) atoms. The van der Waals surface area contributed by atoms with Gasteiger partial charge >= 0.3 is 0 Å². The largest absolute Gasteiger partial charge is 0.364 e. The molecule has 1 aliphatic rings. The maximum atomic E-state index is 12.6. The first-order valence-electron chi connectivity index (χ1n) is 8.63. The van der Waals surface area contributed by atoms with Crippen LogP contribution in [0.4, 0.5) is 5.82 Å². The SMILES string of the molecule is Cc1cc2ncc(C(=O)NC3CCCC3)n2nc1NCc1cccs1. The molecule has 0 aliphatic heterocycles. The number of carbonyl (C=O) groups excluding carboxylic acids is 1. The van der Waals surface area contributed by atoms with E-state index >= 15 is 0 Å². The average Bonchev–Trinajstić information content (AvgIpc) is 3.34. The van der Waals surface area contributed by atoms with Crippen molar-refractivity contribution in [3.8, 4) is 0 Å². The average molecular weight is 355 g/mol. The number of thiophene rings is 1. The Morgan fingerprint density at radius 2 is 2.24 bits per heavy atom. The van der Waals surface area contributed by atoms with Crippen LogP contribution in [0.5, 0.6) is 0 Å². The predicted molar refractivity (Wildman–Crippen MR) is 99.1 cm³/mol. The molecule has 0 atom stereocenters. The molecule has 130 valence electrons. The number of imidazole rings is 1. The van der Waals surface area contributed by atoms with Gasteiger partial charge in [0.05, 0.1) is 12.7 Å². The molecule has 0 unspecified atom stereocenters. The molecule has 3 heterocycles. The molecule has 0 radical (unpaired) electrons. The van der Waals surface area contributed by atoms with Crippen molar-refractivity contribution in [3.05, 3.63) is 45.9 Å². The van der Waals surface area contributed by atoms with Crippen LogP contribution in [0.25, 0.3) is 5.65 Å². The molecule has 0 saturated heterocycles. The Hall–Kier alpha value is -2.41. The van der Waals surface area contributed by atoms with Gasteiger partial charge in [0.1, 0.15) is 5.82 Å². The summed E-state index contributed by atoms with van der Waals surface area (Å²) in [5.74, 6) is 0.675. The Balaban J connectivity index is 1.57. The molecule has 0 aromatic carbocycles. The number of carbonyl (C=O) groups is 1. The zero-order chi connectivity index (χ0) is 17.2. The quantitative estimate of drug-likeness (QED) is 0.736. The van der Waals surface area contributed by atoms with Crippen LogP contribution < -0.4 is 10.6 Å². The number of anilines is 1. The van der Waals surface area contributed by atoms with E-state index in [-0.39, 0.29) is 11.9 Å². The van der Waals surface area contributed by atoms with Gasteiger partial charge in [-0.25, -0.2) is 9.50 Å². The second-order valence-electron chi connectivity index (χ2n) is 6.48. The van der Waals surface area contributed by atoms with Crippen molar-refractivity contribution in [2.24, 2.45) is 0 Å². The molecule has 7 heteroatoms. The lowest BCUT2D eigenvalue weighted by Crippen LogP contribution is -2.33. The molecule has 0 spiro atoms. The van der Waals surface area contributed by atoms with Crippen molar-refractivity contribution >= 4 is 28.7 Å². The number of aromatic nitrogens is 3. The second kappa shape index (κ2) is 6.84. The van der Waals surface area contributed by atoms with E-state index in [4.69, 9.17) is 0 Å². The third-order valence-electron chi connectivity index (χ3n) is 4.62. The standard InChI is InChI=1S/C18H21N5OS/c1-12-9-16-19-11-15(18(24)21-13-5-2-3-6-13)23(16)22-17(12)20-10-14-7-4-8-25-14/h4,7-9,11,13H,2-3,5-6,10H2,1H3,(H,20,22)(H,21,24). The van der Waals surface area contributed by atoms with Crippen LogP contribution in [-0.2, 0) is 6.54 Å². The van der Waals surface area contributed by atoms with Crippen molar-refractivity contribution < 1.29 is 4.79 Å². The van der Waals surface area contributed by atoms with Crippen molar-refractivity contribution in [2.75, 3.05) is 5.32 Å². The summed E-state index contributed by atoms with van der Waals surface area (Å²) < 4.78 is 1.63. The van der Waals surface area contributed by atoms with Gasteiger partial charge in [-0.1, -0.05) is 18.9 Å². The highest BCUT2D eigenvalue weighted by Crippen LogP contribution is 2.20. The topological polar surface area (TPSA) is 71.3 Å². The lowest BCUT2D eigenvalue weighted by atomic mass is 10.2. The van der Waals surface area contributed by atoms with Gasteiger partial charge in [0.15, 0.2) is 11.3 Å². The van der Waals surface area contributed by atoms with Crippen molar-refractivity contribution in [1.82, 2.24) is 19.9 Å². The fraction of sp³-hybridized carbons (Fsp3) is 0.389. The Bertz CT molecular complexity index is 880. The van der Waals surface area contributed by atoms with E-state index in [0.29, 0.717) is 11.3 Å². The van der Waals surface area contributed by atoms with Gasteiger partial charge in [0, 0.05) is 10.9 Å². The van der Waals surface area contributed by atoms with Gasteiger partial charge in [-0.05, 0) is 42.8 Å². The number of hydrogen-bond acceptors (Lipinski definition) is 5. The first kappa shape index (κ1) is 16.1. The van der Waals surface area contributed by atoms with E-state index < -0.39 is 0 Å².